The number of amides is 2. The van der Waals surface area contributed by atoms with Crippen LogP contribution >= 0.6 is 0 Å². The Morgan fingerprint density at radius 2 is 2.03 bits per heavy atom. The molecule has 9 nitrogen and oxygen atoms in total. The van der Waals surface area contributed by atoms with Crippen LogP contribution in [0.25, 0.3) is 0 Å². The molecule has 9 heteroatoms. The molecule has 1 atom stereocenters. The molecule has 1 aromatic carbocycles. The summed E-state index contributed by atoms with van der Waals surface area (Å²) in [5.74, 6) is 1.32. The number of aromatic amines is 1. The van der Waals surface area contributed by atoms with Gasteiger partial charge < -0.3 is 5.32 Å². The van der Waals surface area contributed by atoms with Gasteiger partial charge in [-0.05, 0) is 24.8 Å². The summed E-state index contributed by atoms with van der Waals surface area (Å²) < 4.78 is 1.86. The average molecular weight is 405 g/mol. The van der Waals surface area contributed by atoms with Crippen LogP contribution in [-0.4, -0.2) is 49.9 Å². The lowest BCUT2D eigenvalue weighted by molar-refractivity contribution is -0.120. The third-order valence-corrected chi connectivity index (χ3v) is 5.63. The van der Waals surface area contributed by atoms with Crippen LogP contribution in [0.3, 0.4) is 0 Å². The van der Waals surface area contributed by atoms with E-state index in [1.807, 2.05) is 41.1 Å². The van der Waals surface area contributed by atoms with Crippen LogP contribution in [0.5, 0.6) is 0 Å². The van der Waals surface area contributed by atoms with E-state index in [-0.39, 0.29) is 11.7 Å². The largest absolute Gasteiger partial charge is 0.337 e. The van der Waals surface area contributed by atoms with E-state index in [0.29, 0.717) is 31.1 Å². The maximum absolute atomic E-state index is 12.9. The molecule has 1 unspecified atom stereocenters. The number of rotatable bonds is 5. The normalized spacial score (nSPS) is 18.8. The van der Waals surface area contributed by atoms with Crippen LogP contribution in [0.15, 0.2) is 36.4 Å². The smallest absolute Gasteiger partial charge is 0.291 e. The summed E-state index contributed by atoms with van der Waals surface area (Å²) in [6.45, 7) is 0.566. The molecule has 3 heterocycles. The minimum atomic E-state index is -0.648. The summed E-state index contributed by atoms with van der Waals surface area (Å²) in [6.07, 6.45) is 3.34. The molecule has 1 saturated carbocycles. The van der Waals surface area contributed by atoms with Gasteiger partial charge in [-0.15, -0.1) is 5.10 Å². The number of nitrogens with zero attached hydrogens (tertiary/aromatic N) is 5. The lowest BCUT2D eigenvalue weighted by atomic mass is 10.1. The topological polar surface area (TPSA) is 109 Å². The van der Waals surface area contributed by atoms with Crippen molar-refractivity contribution in [1.29, 1.82) is 0 Å². The number of carbonyl (C=O) groups excluding carboxylic acids is 2. The number of H-pyrrole nitrogens is 1. The number of anilines is 1. The first-order valence-corrected chi connectivity index (χ1v) is 10.2. The summed E-state index contributed by atoms with van der Waals surface area (Å²) in [4.78, 5) is 31.5. The zero-order valence-electron chi connectivity index (χ0n) is 16.7. The van der Waals surface area contributed by atoms with Crippen molar-refractivity contribution in [3.8, 4) is 0 Å². The molecule has 3 aromatic rings. The monoisotopic (exact) mass is 405 g/mol. The molecule has 1 fully saturated rings. The van der Waals surface area contributed by atoms with Gasteiger partial charge in [0.2, 0.25) is 5.82 Å². The molecule has 1 aliphatic carbocycles. The minimum absolute atomic E-state index is 0.0365. The molecule has 2 N–H and O–H groups in total. The fraction of sp³-hybridized carbons (Fsp3) is 0.381. The van der Waals surface area contributed by atoms with E-state index >= 15 is 0 Å². The molecule has 2 aliphatic rings. The van der Waals surface area contributed by atoms with E-state index in [4.69, 9.17) is 0 Å². The Hall–Kier alpha value is -3.49. The van der Waals surface area contributed by atoms with E-state index < -0.39 is 11.9 Å². The number of hydrogen-bond donors (Lipinski definition) is 2. The fourth-order valence-corrected chi connectivity index (χ4v) is 3.78. The summed E-state index contributed by atoms with van der Waals surface area (Å²) in [5, 5.41) is 14.3. The molecule has 0 radical (unpaired) electrons. The van der Waals surface area contributed by atoms with Crippen molar-refractivity contribution in [2.75, 3.05) is 11.9 Å². The van der Waals surface area contributed by atoms with Gasteiger partial charge in [0.25, 0.3) is 11.8 Å². The van der Waals surface area contributed by atoms with E-state index in [1.165, 1.54) is 0 Å². The van der Waals surface area contributed by atoms with Gasteiger partial charge in [0.1, 0.15) is 17.7 Å². The van der Waals surface area contributed by atoms with Gasteiger partial charge in [0.05, 0.1) is 5.69 Å². The Morgan fingerprint density at radius 3 is 2.80 bits per heavy atom. The van der Waals surface area contributed by atoms with E-state index in [0.717, 1.165) is 29.9 Å². The molecule has 1 aliphatic heterocycles. The molecule has 2 aromatic heterocycles. The van der Waals surface area contributed by atoms with Crippen LogP contribution < -0.4 is 10.2 Å². The van der Waals surface area contributed by atoms with Crippen molar-refractivity contribution in [3.05, 3.63) is 59.3 Å². The van der Waals surface area contributed by atoms with Gasteiger partial charge in [0, 0.05) is 32.0 Å². The van der Waals surface area contributed by atoms with Gasteiger partial charge in [-0.1, -0.05) is 30.3 Å². The molecule has 5 rings (SSSR count). The highest BCUT2D eigenvalue weighted by atomic mass is 16.2. The maximum atomic E-state index is 12.9. The van der Waals surface area contributed by atoms with Crippen LogP contribution in [-0.2, 0) is 17.8 Å². The lowest BCUT2D eigenvalue weighted by Gasteiger charge is -2.19. The standard InChI is InChI=1S/C21H23N7O2/c1-27-18-12-16(14-7-8-14)26-28(18)10-9-15(21(27)30)22-20(29)19-23-17(24-25-19)11-13-5-3-2-4-6-13/h2-6,12,14-15H,7-11H2,1H3,(H,22,29)(H,23,24,25). The van der Waals surface area contributed by atoms with Crippen molar-refractivity contribution >= 4 is 17.6 Å². The Balaban J connectivity index is 1.26. The molecule has 0 bridgehead atoms. The molecule has 2 amide bonds. The number of carbonyl (C=O) groups is 2. The maximum Gasteiger partial charge on any atom is 0.291 e. The van der Waals surface area contributed by atoms with Gasteiger partial charge in [-0.25, -0.2) is 9.67 Å². The number of aromatic nitrogens is 5. The third kappa shape index (κ3) is 3.58. The van der Waals surface area contributed by atoms with Gasteiger partial charge in [-0.2, -0.15) is 5.10 Å². The third-order valence-electron chi connectivity index (χ3n) is 5.63. The molecular formula is C21H23N7O2. The Bertz CT molecular complexity index is 1080. The van der Waals surface area contributed by atoms with Gasteiger partial charge in [0.15, 0.2) is 0 Å². The van der Waals surface area contributed by atoms with Crippen LogP contribution in [0.4, 0.5) is 5.82 Å². The first-order valence-electron chi connectivity index (χ1n) is 10.2. The number of nitrogens with one attached hydrogen (secondary N) is 2. The number of fused-ring (bicyclic) bond motifs is 1. The Kier molecular flexibility index (Phi) is 4.57. The average Bonchev–Trinajstić information content (AvgIpc) is 3.37. The zero-order valence-corrected chi connectivity index (χ0v) is 16.7. The molecule has 30 heavy (non-hydrogen) atoms. The number of likely N-dealkylation sites (N-methyl/N-ethyl adjacent to an activating group) is 1. The number of benzene rings is 1. The zero-order chi connectivity index (χ0) is 20.7. The highest BCUT2D eigenvalue weighted by Gasteiger charge is 2.34. The van der Waals surface area contributed by atoms with Crippen LogP contribution in [0.2, 0.25) is 0 Å². The summed E-state index contributed by atoms with van der Waals surface area (Å²) >= 11 is 0. The highest BCUT2D eigenvalue weighted by Crippen LogP contribution is 2.40. The summed E-state index contributed by atoms with van der Waals surface area (Å²) in [5.41, 5.74) is 2.12. The minimum Gasteiger partial charge on any atom is -0.337 e. The Morgan fingerprint density at radius 1 is 1.23 bits per heavy atom. The Labute approximate surface area is 173 Å². The SMILES string of the molecule is CN1C(=O)C(NC(=O)c2n[nH]c(Cc3ccccc3)n2)CCn2nc(C3CC3)cc21. The summed E-state index contributed by atoms with van der Waals surface area (Å²) in [6, 6.07) is 11.2. The van der Waals surface area contributed by atoms with Gasteiger partial charge >= 0.3 is 0 Å². The van der Waals surface area contributed by atoms with Crippen molar-refractivity contribution in [1.82, 2.24) is 30.3 Å². The summed E-state index contributed by atoms with van der Waals surface area (Å²) in [7, 11) is 1.72. The van der Waals surface area contributed by atoms with Crippen molar-refractivity contribution < 1.29 is 9.59 Å². The molecule has 154 valence electrons. The first-order chi connectivity index (χ1) is 14.6. The number of aryl methyl sites for hydroxylation is 1. The first kappa shape index (κ1) is 18.5. The van der Waals surface area contributed by atoms with Crippen molar-refractivity contribution in [2.45, 2.75) is 44.2 Å². The van der Waals surface area contributed by atoms with E-state index in [2.05, 4.69) is 25.6 Å². The van der Waals surface area contributed by atoms with E-state index in [9.17, 15) is 9.59 Å². The lowest BCUT2D eigenvalue weighted by Crippen LogP contribution is -2.47. The van der Waals surface area contributed by atoms with Gasteiger partial charge in [-0.3, -0.25) is 19.6 Å². The van der Waals surface area contributed by atoms with Crippen LogP contribution in [0, 0.1) is 0 Å². The van der Waals surface area contributed by atoms with E-state index in [1.54, 1.807) is 11.9 Å². The predicted octanol–water partition coefficient (Wildman–Crippen LogP) is 1.63. The quantitative estimate of drug-likeness (QED) is 0.671. The van der Waals surface area contributed by atoms with Crippen molar-refractivity contribution in [2.24, 2.45) is 0 Å². The van der Waals surface area contributed by atoms with Crippen LogP contribution in [0.1, 0.15) is 52.9 Å². The number of hydrogen-bond acceptors (Lipinski definition) is 5. The predicted molar refractivity (Wildman–Crippen MR) is 109 cm³/mol. The second kappa shape index (κ2) is 7.40. The highest BCUT2D eigenvalue weighted by molar-refractivity contribution is 6.00. The molecule has 0 spiro atoms. The fourth-order valence-electron chi connectivity index (χ4n) is 3.78. The molecular weight excluding hydrogens is 382 g/mol. The molecule has 0 saturated heterocycles. The second-order valence-electron chi connectivity index (χ2n) is 7.90. The van der Waals surface area contributed by atoms with Crippen molar-refractivity contribution in [3.63, 3.8) is 0 Å². The second-order valence-corrected chi connectivity index (χ2v) is 7.90.